The minimum absolute atomic E-state index is 0.0136. The molecule has 0 aliphatic carbocycles. The Kier molecular flexibility index (Phi) is 4.85. The third-order valence-corrected chi connectivity index (χ3v) is 5.60. The second-order valence-electron chi connectivity index (χ2n) is 7.71. The van der Waals surface area contributed by atoms with Crippen LogP contribution in [0.15, 0.2) is 45.2 Å². The summed E-state index contributed by atoms with van der Waals surface area (Å²) in [6, 6.07) is 12.2. The fourth-order valence-corrected chi connectivity index (χ4v) is 4.29. The Morgan fingerprint density at radius 3 is 1.83 bits per heavy atom. The van der Waals surface area contributed by atoms with Gasteiger partial charge in [0.15, 0.2) is 0 Å². The van der Waals surface area contributed by atoms with E-state index in [1.165, 1.54) is 6.07 Å². The van der Waals surface area contributed by atoms with Crippen molar-refractivity contribution in [1.29, 1.82) is 10.5 Å². The Balaban J connectivity index is 2.21. The highest BCUT2D eigenvalue weighted by molar-refractivity contribution is 6.17. The largest absolute Gasteiger partial charge is 0.573 e. The fourth-order valence-electron chi connectivity index (χ4n) is 4.29. The van der Waals surface area contributed by atoms with Crippen LogP contribution in [0.1, 0.15) is 5.56 Å². The molecule has 0 atom stereocenters. The molecule has 0 fully saturated rings. The quantitative estimate of drug-likeness (QED) is 0.282. The highest BCUT2D eigenvalue weighted by Crippen LogP contribution is 2.35. The van der Waals surface area contributed by atoms with Crippen molar-refractivity contribution in [2.45, 2.75) is 13.3 Å². The molecule has 0 N–H and O–H groups in total. The minimum atomic E-state index is -4.96. The number of halogens is 3. The summed E-state index contributed by atoms with van der Waals surface area (Å²) in [5.41, 5.74) is 0.538. The number of ether oxygens (including phenoxy) is 1. The summed E-state index contributed by atoms with van der Waals surface area (Å²) in [7, 11) is 0. The summed E-state index contributed by atoms with van der Waals surface area (Å²) in [6.45, 7) is 17.0. The van der Waals surface area contributed by atoms with Crippen molar-refractivity contribution in [3.63, 3.8) is 0 Å². The second kappa shape index (κ2) is 7.81. The van der Waals surface area contributed by atoms with E-state index in [9.17, 15) is 23.7 Å². The molecule has 0 radical (unpaired) electrons. The first-order valence-corrected chi connectivity index (χ1v) is 10.1. The molecule has 7 nitrogen and oxygen atoms in total. The zero-order valence-corrected chi connectivity index (χ0v) is 18.1. The first-order chi connectivity index (χ1) is 17.2. The SMILES string of the molecule is [C-]#[N+]/C(C#N)=c1\c2oc3ccc(C)cc3c2/c(=C(/C#N)[N+]#[C-])c2oc3ccc(OC(F)(F)F)cc3c12. The van der Waals surface area contributed by atoms with E-state index in [4.69, 9.17) is 22.0 Å². The Morgan fingerprint density at radius 2 is 1.36 bits per heavy atom. The van der Waals surface area contributed by atoms with Gasteiger partial charge in [-0.15, -0.1) is 13.2 Å². The molecule has 0 unspecified atom stereocenters. The van der Waals surface area contributed by atoms with Gasteiger partial charge in [0.05, 0.1) is 25.3 Å². The lowest BCUT2D eigenvalue weighted by Gasteiger charge is -2.08. The maximum Gasteiger partial charge on any atom is 0.573 e. The van der Waals surface area contributed by atoms with Gasteiger partial charge in [-0.25, -0.2) is 20.2 Å². The van der Waals surface area contributed by atoms with Crippen molar-refractivity contribution >= 4 is 55.3 Å². The summed E-state index contributed by atoms with van der Waals surface area (Å²) in [4.78, 5) is 6.64. The Labute approximate surface area is 199 Å². The van der Waals surface area contributed by atoms with Gasteiger partial charge in [-0.05, 0) is 37.3 Å². The van der Waals surface area contributed by atoms with Gasteiger partial charge >= 0.3 is 6.36 Å². The summed E-state index contributed by atoms with van der Waals surface area (Å²) in [5, 5.41) is 20.5. The molecule has 0 aliphatic rings. The summed E-state index contributed by atoms with van der Waals surface area (Å²) in [6.07, 6.45) is -4.96. The van der Waals surface area contributed by atoms with E-state index in [1.807, 2.05) is 19.1 Å². The predicted octanol–water partition coefficient (Wildman–Crippen LogP) is 5.79. The normalized spacial score (nSPS) is 13.2. The van der Waals surface area contributed by atoms with Crippen molar-refractivity contribution in [3.05, 3.63) is 75.2 Å². The van der Waals surface area contributed by atoms with Crippen LogP contribution < -0.4 is 15.2 Å². The van der Waals surface area contributed by atoms with Gasteiger partial charge in [0.1, 0.15) is 28.1 Å². The van der Waals surface area contributed by atoms with Gasteiger partial charge < -0.3 is 13.6 Å². The molecule has 0 saturated heterocycles. The summed E-state index contributed by atoms with van der Waals surface area (Å²) < 4.78 is 54.8. The monoisotopic (exact) mass is 482 g/mol. The lowest BCUT2D eigenvalue weighted by atomic mass is 10.0. The topological polar surface area (TPSA) is 91.8 Å². The molecule has 0 saturated carbocycles. The van der Waals surface area contributed by atoms with Crippen LogP contribution in [0.5, 0.6) is 5.75 Å². The van der Waals surface area contributed by atoms with E-state index < -0.39 is 17.8 Å². The fraction of sp³-hybridized carbons (Fsp3) is 0.0769. The molecular formula is C26H9F3N4O3. The van der Waals surface area contributed by atoms with Gasteiger partial charge in [-0.3, -0.25) is 0 Å². The van der Waals surface area contributed by atoms with Gasteiger partial charge in [-0.2, -0.15) is 0 Å². The van der Waals surface area contributed by atoms with Crippen LogP contribution in [0.25, 0.3) is 65.0 Å². The number of hydrogen-bond acceptors (Lipinski definition) is 5. The van der Waals surface area contributed by atoms with E-state index in [0.29, 0.717) is 11.0 Å². The van der Waals surface area contributed by atoms with Crippen molar-refractivity contribution < 1.29 is 26.7 Å². The molecule has 3 aromatic carbocycles. The average molecular weight is 482 g/mol. The second-order valence-corrected chi connectivity index (χ2v) is 7.71. The Morgan fingerprint density at radius 1 is 0.861 bits per heavy atom. The lowest BCUT2D eigenvalue weighted by Crippen LogP contribution is -2.17. The molecule has 0 amide bonds. The zero-order valence-electron chi connectivity index (χ0n) is 18.1. The van der Waals surface area contributed by atoms with Crippen LogP contribution in [0, 0.1) is 42.7 Å². The maximum atomic E-state index is 12.9. The van der Waals surface area contributed by atoms with Crippen molar-refractivity contribution in [2.24, 2.45) is 0 Å². The molecule has 172 valence electrons. The van der Waals surface area contributed by atoms with E-state index in [0.717, 1.165) is 17.7 Å². The molecule has 0 bridgehead atoms. The lowest BCUT2D eigenvalue weighted by molar-refractivity contribution is -0.274. The van der Waals surface area contributed by atoms with Crippen molar-refractivity contribution in [1.82, 2.24) is 0 Å². The standard InChI is InChI=1S/C26H9F3N4O3/c1-12-4-6-18-14(8-12)20-22(16(10-30)32-2)25-21(23(24(20)34-18)17(11-31)33-3)15-9-13(36-26(27,28)29)5-7-19(15)35-25/h4-9H,1H3/b22-16+,23-17-. The summed E-state index contributed by atoms with van der Waals surface area (Å²) >= 11 is 0. The van der Waals surface area contributed by atoms with Gasteiger partial charge in [0.2, 0.25) is 0 Å². The molecule has 36 heavy (non-hydrogen) atoms. The summed E-state index contributed by atoms with van der Waals surface area (Å²) in [5.74, 6) is -0.554. The van der Waals surface area contributed by atoms with Crippen LogP contribution in [-0.2, 0) is 0 Å². The van der Waals surface area contributed by atoms with Crippen molar-refractivity contribution in [2.75, 3.05) is 0 Å². The number of hydrogen-bond donors (Lipinski definition) is 0. The van der Waals surface area contributed by atoms with Crippen LogP contribution in [0.3, 0.4) is 0 Å². The smallest absolute Gasteiger partial charge is 0.457 e. The van der Waals surface area contributed by atoms with Crippen LogP contribution >= 0.6 is 0 Å². The molecular weight excluding hydrogens is 473 g/mol. The minimum Gasteiger partial charge on any atom is -0.457 e. The molecule has 0 spiro atoms. The zero-order chi connectivity index (χ0) is 25.8. The van der Waals surface area contributed by atoms with Crippen LogP contribution in [-0.4, -0.2) is 6.36 Å². The highest BCUT2D eigenvalue weighted by atomic mass is 19.4. The van der Waals surface area contributed by atoms with E-state index >= 15 is 0 Å². The first-order valence-electron chi connectivity index (χ1n) is 10.1. The average Bonchev–Trinajstić information content (AvgIpc) is 3.38. The Bertz CT molecular complexity index is 2040. The molecule has 0 aliphatic heterocycles. The number of aryl methyl sites for hydroxylation is 1. The van der Waals surface area contributed by atoms with E-state index in [1.54, 1.807) is 18.2 Å². The molecule has 2 heterocycles. The molecule has 2 aromatic heterocycles. The number of nitrogens with zero attached hydrogens (tertiary/aromatic N) is 4. The molecule has 10 heteroatoms. The molecule has 5 aromatic rings. The van der Waals surface area contributed by atoms with Crippen LogP contribution in [0.2, 0.25) is 0 Å². The van der Waals surface area contributed by atoms with Gasteiger partial charge in [0, 0.05) is 32.0 Å². The van der Waals surface area contributed by atoms with Gasteiger partial charge in [-0.1, -0.05) is 11.6 Å². The van der Waals surface area contributed by atoms with Gasteiger partial charge in [0.25, 0.3) is 11.4 Å². The maximum absolute atomic E-state index is 12.9. The van der Waals surface area contributed by atoms with E-state index in [2.05, 4.69) is 14.4 Å². The number of furan rings is 2. The van der Waals surface area contributed by atoms with E-state index in [-0.39, 0.29) is 49.0 Å². The number of benzene rings is 3. The third-order valence-electron chi connectivity index (χ3n) is 5.60. The molecule has 5 rings (SSSR count). The highest BCUT2D eigenvalue weighted by Gasteiger charge is 2.31. The first kappa shape index (κ1) is 22.3. The predicted molar refractivity (Wildman–Crippen MR) is 123 cm³/mol. The number of rotatable bonds is 1. The third kappa shape index (κ3) is 3.26. The van der Waals surface area contributed by atoms with Crippen molar-refractivity contribution in [3.8, 4) is 17.9 Å². The number of nitriles is 2. The Hall–Kier alpha value is -5.45. The number of fused-ring (bicyclic) bond motifs is 6. The number of alkyl halides is 3. The van der Waals surface area contributed by atoms with Crippen LogP contribution in [0.4, 0.5) is 13.2 Å².